The summed E-state index contributed by atoms with van der Waals surface area (Å²) in [6, 6.07) is 8.57. The Bertz CT molecular complexity index is 878. The number of carbonyl (C=O) groups excluding carboxylic acids is 2. The maximum absolute atomic E-state index is 11.8. The average Bonchev–Trinajstić information content (AvgIpc) is 3.12. The number of oxazole rings is 1. The molecule has 0 saturated heterocycles. The standard InChI is InChI=1S/C16H13N3O4/c1-10(20)17-11-4-6-13-14(9-11)23-16(18-13)19-15(21)7-5-12-3-2-8-22-12/h2-9H,1H3,(H,17,20)(H,18,19,21)/b7-5+. The van der Waals surface area contributed by atoms with Crippen LogP contribution in [0.15, 0.2) is 51.5 Å². The van der Waals surface area contributed by atoms with Crippen LogP contribution >= 0.6 is 0 Å². The van der Waals surface area contributed by atoms with Gasteiger partial charge in [-0.1, -0.05) is 0 Å². The van der Waals surface area contributed by atoms with Crippen LogP contribution in [-0.2, 0) is 9.59 Å². The van der Waals surface area contributed by atoms with Crippen molar-refractivity contribution in [3.63, 3.8) is 0 Å². The summed E-state index contributed by atoms with van der Waals surface area (Å²) in [4.78, 5) is 27.0. The SMILES string of the molecule is CC(=O)Nc1ccc2nc(NC(=O)/C=C/c3ccco3)oc2c1. The molecule has 0 fully saturated rings. The van der Waals surface area contributed by atoms with Crippen LogP contribution in [0.2, 0.25) is 0 Å². The van der Waals surface area contributed by atoms with Crippen LogP contribution in [0.5, 0.6) is 0 Å². The minimum atomic E-state index is -0.393. The number of rotatable bonds is 4. The Balaban J connectivity index is 1.72. The lowest BCUT2D eigenvalue weighted by Gasteiger charge is -1.99. The van der Waals surface area contributed by atoms with Gasteiger partial charge < -0.3 is 14.2 Å². The summed E-state index contributed by atoms with van der Waals surface area (Å²) < 4.78 is 10.5. The normalized spacial score (nSPS) is 11.0. The van der Waals surface area contributed by atoms with E-state index in [1.807, 2.05) is 0 Å². The third kappa shape index (κ3) is 3.65. The van der Waals surface area contributed by atoms with Crippen LogP contribution in [0.25, 0.3) is 17.2 Å². The summed E-state index contributed by atoms with van der Waals surface area (Å²) in [7, 11) is 0. The highest BCUT2D eigenvalue weighted by Crippen LogP contribution is 2.22. The fourth-order valence-electron chi connectivity index (χ4n) is 1.95. The zero-order valence-electron chi connectivity index (χ0n) is 12.2. The Morgan fingerprint density at radius 1 is 1.22 bits per heavy atom. The molecule has 0 radical (unpaired) electrons. The van der Waals surface area contributed by atoms with Gasteiger partial charge in [0.05, 0.1) is 6.26 Å². The van der Waals surface area contributed by atoms with E-state index in [1.165, 1.54) is 25.3 Å². The van der Waals surface area contributed by atoms with Crippen LogP contribution in [0.4, 0.5) is 11.7 Å². The highest BCUT2D eigenvalue weighted by Gasteiger charge is 2.09. The number of hydrogen-bond donors (Lipinski definition) is 2. The number of anilines is 2. The van der Waals surface area contributed by atoms with Crippen LogP contribution in [0, 0.1) is 0 Å². The lowest BCUT2D eigenvalue weighted by Crippen LogP contribution is -2.07. The molecule has 7 nitrogen and oxygen atoms in total. The van der Waals surface area contributed by atoms with Gasteiger partial charge in [0.1, 0.15) is 11.3 Å². The van der Waals surface area contributed by atoms with Crippen LogP contribution in [0.3, 0.4) is 0 Å². The lowest BCUT2D eigenvalue weighted by molar-refractivity contribution is -0.114. The fraction of sp³-hybridized carbons (Fsp3) is 0.0625. The topological polar surface area (TPSA) is 97.4 Å². The smallest absolute Gasteiger partial charge is 0.302 e. The largest absolute Gasteiger partial charge is 0.465 e. The Hall–Kier alpha value is -3.35. The van der Waals surface area contributed by atoms with Crippen molar-refractivity contribution in [3.8, 4) is 0 Å². The average molecular weight is 311 g/mol. The molecule has 3 rings (SSSR count). The molecule has 0 aliphatic carbocycles. The van der Waals surface area contributed by atoms with Gasteiger partial charge in [0.25, 0.3) is 5.91 Å². The quantitative estimate of drug-likeness (QED) is 0.722. The molecule has 2 aromatic heterocycles. The lowest BCUT2D eigenvalue weighted by atomic mass is 10.3. The molecule has 0 aliphatic rings. The van der Waals surface area contributed by atoms with Crippen molar-refractivity contribution >= 4 is 40.7 Å². The van der Waals surface area contributed by atoms with Gasteiger partial charge in [-0.15, -0.1) is 0 Å². The number of benzene rings is 1. The molecule has 0 bridgehead atoms. The number of fused-ring (bicyclic) bond motifs is 1. The molecule has 7 heteroatoms. The van der Waals surface area contributed by atoms with Gasteiger partial charge in [0.2, 0.25) is 5.91 Å². The summed E-state index contributed by atoms with van der Waals surface area (Å²) in [5.41, 5.74) is 1.63. The van der Waals surface area contributed by atoms with Crippen molar-refractivity contribution in [3.05, 3.63) is 48.4 Å². The minimum absolute atomic E-state index is 0.0778. The third-order valence-electron chi connectivity index (χ3n) is 2.88. The number of carbonyl (C=O) groups is 2. The van der Waals surface area contributed by atoms with Gasteiger partial charge in [0.15, 0.2) is 5.58 Å². The Morgan fingerprint density at radius 2 is 2.09 bits per heavy atom. The molecular formula is C16H13N3O4. The molecule has 1 aromatic carbocycles. The predicted octanol–water partition coefficient (Wildman–Crippen LogP) is 3.03. The molecule has 2 heterocycles. The van der Waals surface area contributed by atoms with Gasteiger partial charge in [-0.2, -0.15) is 4.98 Å². The zero-order valence-corrected chi connectivity index (χ0v) is 12.2. The number of amides is 2. The molecule has 0 atom stereocenters. The van der Waals surface area contributed by atoms with E-state index in [0.29, 0.717) is 22.5 Å². The summed E-state index contributed by atoms with van der Waals surface area (Å²) >= 11 is 0. The molecule has 23 heavy (non-hydrogen) atoms. The first-order valence-corrected chi connectivity index (χ1v) is 6.81. The highest BCUT2D eigenvalue weighted by molar-refractivity contribution is 6.01. The number of nitrogens with zero attached hydrogens (tertiary/aromatic N) is 1. The summed E-state index contributed by atoms with van der Waals surface area (Å²) in [5.74, 6) is -0.00633. The van der Waals surface area contributed by atoms with Crippen molar-refractivity contribution in [2.75, 3.05) is 10.6 Å². The number of aromatic nitrogens is 1. The monoisotopic (exact) mass is 311 g/mol. The molecule has 0 aliphatic heterocycles. The summed E-state index contributed by atoms with van der Waals surface area (Å²) in [6.07, 6.45) is 4.37. The molecule has 0 unspecified atom stereocenters. The molecule has 2 N–H and O–H groups in total. The van der Waals surface area contributed by atoms with Crippen LogP contribution in [-0.4, -0.2) is 16.8 Å². The molecule has 0 spiro atoms. The minimum Gasteiger partial charge on any atom is -0.465 e. The van der Waals surface area contributed by atoms with E-state index in [2.05, 4.69) is 15.6 Å². The second kappa shape index (κ2) is 6.18. The zero-order chi connectivity index (χ0) is 16.2. The van der Waals surface area contributed by atoms with Crippen molar-refractivity contribution in [1.29, 1.82) is 0 Å². The molecule has 116 valence electrons. The highest BCUT2D eigenvalue weighted by atomic mass is 16.4. The molecule has 0 saturated carbocycles. The number of hydrogen-bond acceptors (Lipinski definition) is 5. The Morgan fingerprint density at radius 3 is 2.83 bits per heavy atom. The first kappa shape index (κ1) is 14.6. The fourth-order valence-corrected chi connectivity index (χ4v) is 1.95. The van der Waals surface area contributed by atoms with Crippen LogP contribution < -0.4 is 10.6 Å². The van der Waals surface area contributed by atoms with Crippen LogP contribution in [0.1, 0.15) is 12.7 Å². The Kier molecular flexibility index (Phi) is 3.92. The van der Waals surface area contributed by atoms with Gasteiger partial charge in [-0.3, -0.25) is 14.9 Å². The maximum Gasteiger partial charge on any atom is 0.302 e. The third-order valence-corrected chi connectivity index (χ3v) is 2.88. The van der Waals surface area contributed by atoms with E-state index in [4.69, 9.17) is 8.83 Å². The van der Waals surface area contributed by atoms with E-state index in [0.717, 1.165) is 0 Å². The first-order chi connectivity index (χ1) is 11.1. The van der Waals surface area contributed by atoms with E-state index < -0.39 is 5.91 Å². The van der Waals surface area contributed by atoms with Gasteiger partial charge in [-0.05, 0) is 30.3 Å². The van der Waals surface area contributed by atoms with E-state index >= 15 is 0 Å². The molecule has 2 amide bonds. The van der Waals surface area contributed by atoms with E-state index in [9.17, 15) is 9.59 Å². The van der Waals surface area contributed by atoms with Crippen molar-refractivity contribution in [2.24, 2.45) is 0 Å². The summed E-state index contributed by atoms with van der Waals surface area (Å²) in [5, 5.41) is 5.17. The first-order valence-electron chi connectivity index (χ1n) is 6.81. The van der Waals surface area contributed by atoms with E-state index in [1.54, 1.807) is 30.3 Å². The Labute approximate surface area is 131 Å². The van der Waals surface area contributed by atoms with Gasteiger partial charge in [0, 0.05) is 24.8 Å². The van der Waals surface area contributed by atoms with Gasteiger partial charge >= 0.3 is 6.01 Å². The molecular weight excluding hydrogens is 298 g/mol. The molecule has 3 aromatic rings. The second-order valence-electron chi connectivity index (χ2n) is 4.72. The van der Waals surface area contributed by atoms with Gasteiger partial charge in [-0.25, -0.2) is 0 Å². The predicted molar refractivity (Wildman–Crippen MR) is 84.7 cm³/mol. The number of furan rings is 1. The van der Waals surface area contributed by atoms with Crippen molar-refractivity contribution in [1.82, 2.24) is 4.98 Å². The number of nitrogens with one attached hydrogen (secondary N) is 2. The van der Waals surface area contributed by atoms with E-state index in [-0.39, 0.29) is 11.9 Å². The second-order valence-corrected chi connectivity index (χ2v) is 4.72. The van der Waals surface area contributed by atoms with Crippen molar-refractivity contribution < 1.29 is 18.4 Å². The maximum atomic E-state index is 11.8. The summed E-state index contributed by atoms with van der Waals surface area (Å²) in [6.45, 7) is 1.42. The van der Waals surface area contributed by atoms with Crippen molar-refractivity contribution in [2.45, 2.75) is 6.92 Å².